The van der Waals surface area contributed by atoms with E-state index in [1.54, 1.807) is 0 Å². The van der Waals surface area contributed by atoms with Crippen molar-refractivity contribution in [1.82, 2.24) is 0 Å². The molecular formula is C13H14O2. The van der Waals surface area contributed by atoms with E-state index in [2.05, 4.69) is 11.8 Å². The Morgan fingerprint density at radius 1 is 1.40 bits per heavy atom. The highest BCUT2D eigenvalue weighted by Crippen LogP contribution is 2.02. The third kappa shape index (κ3) is 4.99. The van der Waals surface area contributed by atoms with Gasteiger partial charge in [0.1, 0.15) is 0 Å². The van der Waals surface area contributed by atoms with Crippen LogP contribution in [-0.4, -0.2) is 12.9 Å². The molecule has 0 aliphatic heterocycles. The maximum Gasteiger partial charge on any atom is 0.192 e. The van der Waals surface area contributed by atoms with Crippen LogP contribution in [0, 0.1) is 17.8 Å². The molecule has 15 heavy (non-hydrogen) atoms. The van der Waals surface area contributed by atoms with Gasteiger partial charge in [0, 0.05) is 5.92 Å². The summed E-state index contributed by atoms with van der Waals surface area (Å²) in [6, 6.07) is 9.97. The number of aldehydes is 1. The Hall–Kier alpha value is -1.59. The van der Waals surface area contributed by atoms with Crippen molar-refractivity contribution in [3.05, 3.63) is 35.9 Å². The second-order valence-corrected chi connectivity index (χ2v) is 3.31. The summed E-state index contributed by atoms with van der Waals surface area (Å²) in [7, 11) is 0. The molecule has 0 aliphatic carbocycles. The molecule has 0 saturated heterocycles. The van der Waals surface area contributed by atoms with Crippen LogP contribution < -0.4 is 0 Å². The van der Waals surface area contributed by atoms with Crippen molar-refractivity contribution >= 4 is 6.29 Å². The normalized spacial score (nSPS) is 11.3. The molecule has 2 heteroatoms. The van der Waals surface area contributed by atoms with Gasteiger partial charge in [-0.15, -0.1) is 0 Å². The Kier molecular flexibility index (Phi) is 5.21. The maximum atomic E-state index is 9.99. The number of hydrogen-bond donors (Lipinski definition) is 0. The standard InChI is InChI=1S/C13H14O2/c1-12(6-5-9-14)10-15-11-13-7-3-2-4-8-13/h2-4,7-9,12H,10-11H2,1H3/t12-/m0/s1. The Morgan fingerprint density at radius 2 is 2.13 bits per heavy atom. The highest BCUT2D eigenvalue weighted by atomic mass is 16.5. The fourth-order valence-electron chi connectivity index (χ4n) is 1.15. The largest absolute Gasteiger partial charge is 0.376 e. The van der Waals surface area contributed by atoms with E-state index in [9.17, 15) is 4.79 Å². The van der Waals surface area contributed by atoms with Crippen molar-refractivity contribution in [3.63, 3.8) is 0 Å². The van der Waals surface area contributed by atoms with Gasteiger partial charge in [-0.2, -0.15) is 0 Å². The zero-order chi connectivity index (χ0) is 10.9. The molecule has 0 aliphatic rings. The van der Waals surface area contributed by atoms with Crippen LogP contribution in [0.1, 0.15) is 12.5 Å². The van der Waals surface area contributed by atoms with E-state index < -0.39 is 0 Å². The lowest BCUT2D eigenvalue weighted by Crippen LogP contribution is -2.03. The van der Waals surface area contributed by atoms with E-state index in [4.69, 9.17) is 4.74 Å². The molecule has 0 bridgehead atoms. The predicted molar refractivity (Wildman–Crippen MR) is 59.1 cm³/mol. The minimum Gasteiger partial charge on any atom is -0.376 e. The molecule has 0 radical (unpaired) electrons. The summed E-state index contributed by atoms with van der Waals surface area (Å²) in [6.07, 6.45) is 0.605. The number of benzene rings is 1. The lowest BCUT2D eigenvalue weighted by atomic mass is 10.2. The summed E-state index contributed by atoms with van der Waals surface area (Å²) in [5.41, 5.74) is 1.15. The molecule has 0 amide bonds. The van der Waals surface area contributed by atoms with E-state index >= 15 is 0 Å². The number of carbonyl (C=O) groups excluding carboxylic acids is 1. The molecule has 0 N–H and O–H groups in total. The summed E-state index contributed by atoms with van der Waals surface area (Å²) in [6.45, 7) is 3.07. The minimum absolute atomic E-state index is 0.0962. The van der Waals surface area contributed by atoms with Crippen molar-refractivity contribution in [2.75, 3.05) is 6.61 Å². The number of hydrogen-bond acceptors (Lipinski definition) is 2. The molecule has 0 unspecified atom stereocenters. The van der Waals surface area contributed by atoms with E-state index in [-0.39, 0.29) is 5.92 Å². The monoisotopic (exact) mass is 202 g/mol. The van der Waals surface area contributed by atoms with Crippen LogP contribution in [0.15, 0.2) is 30.3 Å². The van der Waals surface area contributed by atoms with Crippen molar-refractivity contribution in [1.29, 1.82) is 0 Å². The zero-order valence-corrected chi connectivity index (χ0v) is 8.77. The van der Waals surface area contributed by atoms with E-state index in [1.165, 1.54) is 0 Å². The van der Waals surface area contributed by atoms with Gasteiger partial charge in [0.15, 0.2) is 6.29 Å². The molecule has 0 heterocycles. The SMILES string of the molecule is C[C@@H](C#CC=O)COCc1ccccc1. The Labute approximate surface area is 90.3 Å². The molecular weight excluding hydrogens is 188 g/mol. The molecule has 1 atom stereocenters. The smallest absolute Gasteiger partial charge is 0.192 e. The Morgan fingerprint density at radius 3 is 2.80 bits per heavy atom. The van der Waals surface area contributed by atoms with Gasteiger partial charge in [-0.25, -0.2) is 0 Å². The molecule has 2 nitrogen and oxygen atoms in total. The molecule has 0 spiro atoms. The van der Waals surface area contributed by atoms with Gasteiger partial charge in [-0.1, -0.05) is 36.3 Å². The minimum atomic E-state index is 0.0962. The van der Waals surface area contributed by atoms with Gasteiger partial charge in [0.25, 0.3) is 0 Å². The van der Waals surface area contributed by atoms with Crippen LogP contribution in [0.4, 0.5) is 0 Å². The lowest BCUT2D eigenvalue weighted by molar-refractivity contribution is -0.103. The van der Waals surface area contributed by atoms with Gasteiger partial charge >= 0.3 is 0 Å². The summed E-state index contributed by atoms with van der Waals surface area (Å²) < 4.78 is 5.46. The molecule has 0 fully saturated rings. The molecule has 0 aromatic heterocycles. The van der Waals surface area contributed by atoms with Gasteiger partial charge in [-0.3, -0.25) is 4.79 Å². The van der Waals surface area contributed by atoms with Gasteiger partial charge in [0.05, 0.1) is 13.2 Å². The number of carbonyl (C=O) groups is 1. The van der Waals surface area contributed by atoms with Crippen LogP contribution in [0.3, 0.4) is 0 Å². The molecule has 1 rings (SSSR count). The van der Waals surface area contributed by atoms with Crippen molar-refractivity contribution in [2.45, 2.75) is 13.5 Å². The van der Waals surface area contributed by atoms with E-state index in [1.807, 2.05) is 37.3 Å². The fourth-order valence-corrected chi connectivity index (χ4v) is 1.15. The first-order chi connectivity index (χ1) is 7.33. The average Bonchev–Trinajstić information content (AvgIpc) is 2.28. The highest BCUT2D eigenvalue weighted by molar-refractivity contribution is 5.72. The summed E-state index contributed by atoms with van der Waals surface area (Å²) in [5, 5.41) is 0. The molecule has 1 aromatic carbocycles. The van der Waals surface area contributed by atoms with Crippen LogP contribution in [0.5, 0.6) is 0 Å². The Bertz CT molecular complexity index is 346. The quantitative estimate of drug-likeness (QED) is 0.551. The van der Waals surface area contributed by atoms with Crippen molar-refractivity contribution in [2.24, 2.45) is 5.92 Å². The summed E-state index contributed by atoms with van der Waals surface area (Å²) in [4.78, 5) is 9.99. The predicted octanol–water partition coefficient (Wildman–Crippen LogP) is 2.04. The van der Waals surface area contributed by atoms with Gasteiger partial charge in [0.2, 0.25) is 0 Å². The van der Waals surface area contributed by atoms with Crippen LogP contribution >= 0.6 is 0 Å². The second kappa shape index (κ2) is 6.80. The first-order valence-corrected chi connectivity index (χ1v) is 4.89. The van der Waals surface area contributed by atoms with Crippen molar-refractivity contribution < 1.29 is 9.53 Å². The van der Waals surface area contributed by atoms with Crippen LogP contribution in [0.25, 0.3) is 0 Å². The fraction of sp³-hybridized carbons (Fsp3) is 0.308. The van der Waals surface area contributed by atoms with E-state index in [0.29, 0.717) is 19.5 Å². The van der Waals surface area contributed by atoms with Crippen LogP contribution in [-0.2, 0) is 16.1 Å². The second-order valence-electron chi connectivity index (χ2n) is 3.31. The first-order valence-electron chi connectivity index (χ1n) is 4.89. The topological polar surface area (TPSA) is 26.3 Å². The third-order valence-corrected chi connectivity index (χ3v) is 1.87. The Balaban J connectivity index is 2.25. The van der Waals surface area contributed by atoms with Gasteiger partial charge in [-0.05, 0) is 18.4 Å². The average molecular weight is 202 g/mol. The number of ether oxygens (including phenoxy) is 1. The first kappa shape index (κ1) is 11.5. The van der Waals surface area contributed by atoms with E-state index in [0.717, 1.165) is 5.56 Å². The maximum absolute atomic E-state index is 9.99. The molecule has 0 saturated carbocycles. The zero-order valence-electron chi connectivity index (χ0n) is 8.77. The molecule has 1 aromatic rings. The lowest BCUT2D eigenvalue weighted by Gasteiger charge is -2.05. The summed E-state index contributed by atoms with van der Waals surface area (Å²) in [5.74, 6) is 5.26. The highest BCUT2D eigenvalue weighted by Gasteiger charge is 1.97. The third-order valence-electron chi connectivity index (χ3n) is 1.87. The van der Waals surface area contributed by atoms with Crippen LogP contribution in [0.2, 0.25) is 0 Å². The van der Waals surface area contributed by atoms with Gasteiger partial charge < -0.3 is 4.74 Å². The molecule has 78 valence electrons. The number of rotatable bonds is 4. The summed E-state index contributed by atoms with van der Waals surface area (Å²) >= 11 is 0. The van der Waals surface area contributed by atoms with Crippen molar-refractivity contribution in [3.8, 4) is 11.8 Å².